The van der Waals surface area contributed by atoms with Crippen LogP contribution < -0.4 is 0 Å². The van der Waals surface area contributed by atoms with E-state index in [4.69, 9.17) is 0 Å². The fourth-order valence-electron chi connectivity index (χ4n) is 3.88. The lowest BCUT2D eigenvalue weighted by atomic mass is 9.67. The first-order chi connectivity index (χ1) is 8.60. The minimum absolute atomic E-state index is 0.173. The van der Waals surface area contributed by atoms with Crippen molar-refractivity contribution in [2.75, 3.05) is 33.2 Å². The summed E-state index contributed by atoms with van der Waals surface area (Å²) in [6.07, 6.45) is 4.84. The molecule has 0 N–H and O–H groups in total. The lowest BCUT2D eigenvalue weighted by Crippen LogP contribution is -2.61. The van der Waals surface area contributed by atoms with Crippen LogP contribution in [0.1, 0.15) is 39.5 Å². The summed E-state index contributed by atoms with van der Waals surface area (Å²) in [6, 6.07) is 2.74. The van der Waals surface area contributed by atoms with E-state index in [-0.39, 0.29) is 5.54 Å². The van der Waals surface area contributed by atoms with Crippen LogP contribution in [-0.4, -0.2) is 48.6 Å². The van der Waals surface area contributed by atoms with Crippen LogP contribution in [0.5, 0.6) is 0 Å². The zero-order valence-corrected chi connectivity index (χ0v) is 12.2. The minimum atomic E-state index is -0.173. The third kappa shape index (κ3) is 2.41. The molecule has 18 heavy (non-hydrogen) atoms. The molecule has 2 atom stereocenters. The molecule has 1 heterocycles. The molecule has 2 unspecified atom stereocenters. The molecule has 1 aliphatic heterocycles. The number of nitrogens with zero attached hydrogens (tertiary/aromatic N) is 3. The molecular weight excluding hydrogens is 222 g/mol. The van der Waals surface area contributed by atoms with Crippen LogP contribution in [0, 0.1) is 23.2 Å². The first kappa shape index (κ1) is 13.8. The average molecular weight is 249 g/mol. The quantitative estimate of drug-likeness (QED) is 0.752. The van der Waals surface area contributed by atoms with E-state index >= 15 is 0 Å². The van der Waals surface area contributed by atoms with Gasteiger partial charge in [-0.1, -0.05) is 26.7 Å². The Morgan fingerprint density at radius 2 is 1.83 bits per heavy atom. The van der Waals surface area contributed by atoms with Gasteiger partial charge in [0.05, 0.1) is 6.07 Å². The van der Waals surface area contributed by atoms with Gasteiger partial charge in [0.2, 0.25) is 0 Å². The van der Waals surface area contributed by atoms with Gasteiger partial charge >= 0.3 is 0 Å². The number of hydrogen-bond donors (Lipinski definition) is 0. The van der Waals surface area contributed by atoms with Crippen LogP contribution in [0.2, 0.25) is 0 Å². The van der Waals surface area contributed by atoms with E-state index in [0.29, 0.717) is 11.8 Å². The van der Waals surface area contributed by atoms with E-state index in [1.54, 1.807) is 0 Å². The Morgan fingerprint density at radius 3 is 2.39 bits per heavy atom. The Bertz CT molecular complexity index is 312. The molecule has 3 nitrogen and oxygen atoms in total. The predicted octanol–water partition coefficient (Wildman–Crippen LogP) is 2.34. The third-order valence-electron chi connectivity index (χ3n) is 5.00. The summed E-state index contributed by atoms with van der Waals surface area (Å²) in [5.41, 5.74) is -0.173. The summed E-state index contributed by atoms with van der Waals surface area (Å²) in [7, 11) is 2.18. The van der Waals surface area contributed by atoms with Gasteiger partial charge in [0.25, 0.3) is 0 Å². The molecule has 1 saturated carbocycles. The molecule has 0 aromatic rings. The molecule has 0 amide bonds. The second-order valence-corrected chi connectivity index (χ2v) is 6.42. The van der Waals surface area contributed by atoms with E-state index in [0.717, 1.165) is 32.6 Å². The van der Waals surface area contributed by atoms with Crippen LogP contribution in [0.3, 0.4) is 0 Å². The van der Waals surface area contributed by atoms with Gasteiger partial charge in [-0.2, -0.15) is 5.26 Å². The molecular formula is C15H27N3. The van der Waals surface area contributed by atoms with Gasteiger partial charge in [-0.15, -0.1) is 0 Å². The zero-order valence-electron chi connectivity index (χ0n) is 12.2. The highest BCUT2D eigenvalue weighted by atomic mass is 15.3. The Balaban J connectivity index is 2.19. The Morgan fingerprint density at radius 1 is 1.17 bits per heavy atom. The van der Waals surface area contributed by atoms with Crippen LogP contribution in [0.25, 0.3) is 0 Å². The van der Waals surface area contributed by atoms with E-state index in [9.17, 15) is 5.26 Å². The van der Waals surface area contributed by atoms with Crippen LogP contribution in [0.4, 0.5) is 0 Å². The Hall–Kier alpha value is -0.590. The summed E-state index contributed by atoms with van der Waals surface area (Å²) in [5.74, 6) is 1.17. The number of piperazine rings is 1. The molecule has 3 heteroatoms. The summed E-state index contributed by atoms with van der Waals surface area (Å²) in [4.78, 5) is 4.87. The van der Waals surface area contributed by atoms with E-state index in [2.05, 4.69) is 36.8 Å². The highest BCUT2D eigenvalue weighted by Crippen LogP contribution is 2.42. The van der Waals surface area contributed by atoms with Gasteiger partial charge in [0.1, 0.15) is 5.54 Å². The first-order valence-corrected chi connectivity index (χ1v) is 7.45. The van der Waals surface area contributed by atoms with Crippen LogP contribution in [-0.2, 0) is 0 Å². The topological polar surface area (TPSA) is 30.3 Å². The zero-order chi connectivity index (χ0) is 13.2. The number of likely N-dealkylation sites (N-methyl/N-ethyl adjacent to an activating group) is 1. The number of rotatable bonds is 2. The maximum absolute atomic E-state index is 9.87. The molecule has 1 aliphatic carbocycles. The van der Waals surface area contributed by atoms with Crippen molar-refractivity contribution in [1.82, 2.24) is 9.80 Å². The molecule has 0 aromatic carbocycles. The van der Waals surface area contributed by atoms with Crippen molar-refractivity contribution in [2.45, 2.75) is 45.1 Å². The normalized spacial score (nSPS) is 35.6. The molecule has 1 saturated heterocycles. The standard InChI is InChI=1S/C15H27N3/c1-13(2)14-6-4-5-7-15(14,12-16)18-10-8-17(3)9-11-18/h13-14H,4-11H2,1-3H3. The molecule has 102 valence electrons. The molecule has 0 radical (unpaired) electrons. The highest BCUT2D eigenvalue weighted by molar-refractivity contribution is 5.14. The summed E-state index contributed by atoms with van der Waals surface area (Å²) in [6.45, 7) is 8.92. The van der Waals surface area contributed by atoms with Crippen molar-refractivity contribution >= 4 is 0 Å². The van der Waals surface area contributed by atoms with Gasteiger partial charge in [-0.3, -0.25) is 4.90 Å². The minimum Gasteiger partial charge on any atom is -0.304 e. The fourth-order valence-corrected chi connectivity index (χ4v) is 3.88. The number of hydrogen-bond acceptors (Lipinski definition) is 3. The third-order valence-corrected chi connectivity index (χ3v) is 5.00. The second-order valence-electron chi connectivity index (χ2n) is 6.42. The fraction of sp³-hybridized carbons (Fsp3) is 0.933. The second kappa shape index (κ2) is 5.59. The van der Waals surface area contributed by atoms with Crippen molar-refractivity contribution in [2.24, 2.45) is 11.8 Å². The highest BCUT2D eigenvalue weighted by Gasteiger charge is 2.47. The average Bonchev–Trinajstić information content (AvgIpc) is 2.39. The lowest BCUT2D eigenvalue weighted by Gasteiger charge is -2.50. The van der Waals surface area contributed by atoms with Gasteiger partial charge < -0.3 is 4.90 Å². The summed E-state index contributed by atoms with van der Waals surface area (Å²) in [5, 5.41) is 9.87. The van der Waals surface area contributed by atoms with Gasteiger partial charge in [0.15, 0.2) is 0 Å². The monoisotopic (exact) mass is 249 g/mol. The van der Waals surface area contributed by atoms with Gasteiger partial charge in [-0.25, -0.2) is 0 Å². The maximum atomic E-state index is 9.87. The van der Waals surface area contributed by atoms with Crippen molar-refractivity contribution in [3.05, 3.63) is 0 Å². The van der Waals surface area contributed by atoms with Crippen LogP contribution >= 0.6 is 0 Å². The molecule has 2 fully saturated rings. The maximum Gasteiger partial charge on any atom is 0.112 e. The summed E-state index contributed by atoms with van der Waals surface area (Å²) < 4.78 is 0. The van der Waals surface area contributed by atoms with Crippen LogP contribution in [0.15, 0.2) is 0 Å². The SMILES string of the molecule is CC(C)C1CCCCC1(C#N)N1CCN(C)CC1. The van der Waals surface area contributed by atoms with Gasteiger partial charge in [-0.05, 0) is 31.7 Å². The lowest BCUT2D eigenvalue weighted by molar-refractivity contribution is -0.00440. The number of nitriles is 1. The van der Waals surface area contributed by atoms with Crippen molar-refractivity contribution in [3.63, 3.8) is 0 Å². The van der Waals surface area contributed by atoms with E-state index in [1.807, 2.05) is 0 Å². The van der Waals surface area contributed by atoms with Crippen molar-refractivity contribution < 1.29 is 0 Å². The molecule has 2 rings (SSSR count). The molecule has 0 bridgehead atoms. The molecule has 0 aromatic heterocycles. The van der Waals surface area contributed by atoms with Crippen molar-refractivity contribution in [1.29, 1.82) is 5.26 Å². The molecule has 2 aliphatic rings. The van der Waals surface area contributed by atoms with E-state index in [1.165, 1.54) is 19.3 Å². The Kier molecular flexibility index (Phi) is 4.29. The van der Waals surface area contributed by atoms with E-state index < -0.39 is 0 Å². The largest absolute Gasteiger partial charge is 0.304 e. The van der Waals surface area contributed by atoms with Crippen molar-refractivity contribution in [3.8, 4) is 6.07 Å². The summed E-state index contributed by atoms with van der Waals surface area (Å²) >= 11 is 0. The Labute approximate surface area is 112 Å². The van der Waals surface area contributed by atoms with Gasteiger partial charge in [0, 0.05) is 26.2 Å². The first-order valence-electron chi connectivity index (χ1n) is 7.45. The smallest absolute Gasteiger partial charge is 0.112 e. The predicted molar refractivity (Wildman–Crippen MR) is 74.2 cm³/mol. The molecule has 0 spiro atoms.